The Morgan fingerprint density at radius 3 is 2.68 bits per heavy atom. The third-order valence-corrected chi connectivity index (χ3v) is 5.40. The van der Waals surface area contributed by atoms with Gasteiger partial charge in [-0.3, -0.25) is 4.79 Å². The van der Waals surface area contributed by atoms with Crippen molar-refractivity contribution in [2.45, 2.75) is 0 Å². The van der Waals surface area contributed by atoms with E-state index in [0.717, 1.165) is 39.8 Å². The van der Waals surface area contributed by atoms with Gasteiger partial charge in [-0.25, -0.2) is 9.97 Å². The maximum Gasteiger partial charge on any atom is 0.264 e. The maximum atomic E-state index is 12.8. The van der Waals surface area contributed by atoms with Crippen molar-refractivity contribution in [3.05, 3.63) is 47.6 Å². The Morgan fingerprint density at radius 2 is 2.00 bits per heavy atom. The zero-order valence-electron chi connectivity index (χ0n) is 13.9. The molecule has 1 aliphatic rings. The minimum Gasteiger partial charge on any atom is -0.495 e. The fraction of sp³-hybridized carbons (Fsp3) is 0.278. The summed E-state index contributed by atoms with van der Waals surface area (Å²) in [5.74, 6) is 1.75. The van der Waals surface area contributed by atoms with Crippen molar-refractivity contribution in [3.63, 3.8) is 0 Å². The second-order valence-corrected chi connectivity index (χ2v) is 6.87. The van der Waals surface area contributed by atoms with Gasteiger partial charge < -0.3 is 14.5 Å². The molecule has 4 heterocycles. The minimum atomic E-state index is 0.0883. The molecule has 0 aromatic carbocycles. The number of hydrogen-bond acceptors (Lipinski definition) is 6. The quantitative estimate of drug-likeness (QED) is 0.724. The Labute approximate surface area is 149 Å². The van der Waals surface area contributed by atoms with Crippen LogP contribution in [-0.4, -0.2) is 54.1 Å². The molecule has 1 amide bonds. The first-order valence-electron chi connectivity index (χ1n) is 8.13. The normalized spacial score (nSPS) is 14.8. The third-order valence-electron chi connectivity index (χ3n) is 4.35. The van der Waals surface area contributed by atoms with Crippen molar-refractivity contribution < 1.29 is 9.53 Å². The number of rotatable bonds is 3. The molecule has 3 aromatic rings. The van der Waals surface area contributed by atoms with E-state index in [1.54, 1.807) is 19.5 Å². The Kier molecular flexibility index (Phi) is 4.23. The summed E-state index contributed by atoms with van der Waals surface area (Å²) in [6, 6.07) is 9.68. The molecule has 7 heteroatoms. The Morgan fingerprint density at radius 1 is 1.16 bits per heavy atom. The minimum absolute atomic E-state index is 0.0883. The van der Waals surface area contributed by atoms with E-state index in [1.807, 2.05) is 35.2 Å². The van der Waals surface area contributed by atoms with E-state index in [2.05, 4.69) is 14.9 Å². The summed E-state index contributed by atoms with van der Waals surface area (Å²) in [7, 11) is 1.63. The van der Waals surface area contributed by atoms with Gasteiger partial charge in [-0.2, -0.15) is 0 Å². The number of carbonyl (C=O) groups excluding carboxylic acids is 1. The van der Waals surface area contributed by atoms with E-state index in [4.69, 9.17) is 4.74 Å². The van der Waals surface area contributed by atoms with Crippen LogP contribution in [0, 0.1) is 0 Å². The number of methoxy groups -OCH3 is 1. The lowest BCUT2D eigenvalue weighted by molar-refractivity contribution is 0.0751. The number of carbonyl (C=O) groups is 1. The molecule has 0 saturated carbocycles. The lowest BCUT2D eigenvalue weighted by Gasteiger charge is -2.35. The summed E-state index contributed by atoms with van der Waals surface area (Å²) in [4.78, 5) is 27.3. The molecule has 1 aliphatic heterocycles. The number of aromatic nitrogens is 2. The molecule has 1 saturated heterocycles. The number of fused-ring (bicyclic) bond motifs is 1. The van der Waals surface area contributed by atoms with E-state index in [-0.39, 0.29) is 5.91 Å². The van der Waals surface area contributed by atoms with Crippen LogP contribution in [-0.2, 0) is 0 Å². The van der Waals surface area contributed by atoms with Gasteiger partial charge in [0.15, 0.2) is 0 Å². The third kappa shape index (κ3) is 3.15. The molecule has 0 spiro atoms. The lowest BCUT2D eigenvalue weighted by atomic mass is 10.2. The molecule has 0 aliphatic carbocycles. The highest BCUT2D eigenvalue weighted by molar-refractivity contribution is 7.20. The monoisotopic (exact) mass is 354 g/mol. The van der Waals surface area contributed by atoms with Crippen LogP contribution >= 0.6 is 11.3 Å². The smallest absolute Gasteiger partial charge is 0.264 e. The van der Waals surface area contributed by atoms with Crippen molar-refractivity contribution in [2.75, 3.05) is 38.2 Å². The molecular formula is C18H18N4O2S. The highest BCUT2D eigenvalue weighted by atomic mass is 32.1. The van der Waals surface area contributed by atoms with Crippen molar-refractivity contribution in [3.8, 4) is 5.75 Å². The van der Waals surface area contributed by atoms with Crippen LogP contribution in [0.25, 0.3) is 10.2 Å². The summed E-state index contributed by atoms with van der Waals surface area (Å²) >= 11 is 1.46. The first-order valence-corrected chi connectivity index (χ1v) is 8.95. The summed E-state index contributed by atoms with van der Waals surface area (Å²) in [6.07, 6.45) is 3.48. The van der Waals surface area contributed by atoms with Crippen molar-refractivity contribution in [1.29, 1.82) is 0 Å². The maximum absolute atomic E-state index is 12.8. The lowest BCUT2D eigenvalue weighted by Crippen LogP contribution is -2.48. The molecule has 4 rings (SSSR count). The van der Waals surface area contributed by atoms with E-state index < -0.39 is 0 Å². The van der Waals surface area contributed by atoms with Crippen LogP contribution in [0.5, 0.6) is 5.75 Å². The van der Waals surface area contributed by atoms with Gasteiger partial charge in [-0.1, -0.05) is 6.07 Å². The molecular weight excluding hydrogens is 336 g/mol. The molecule has 6 nitrogen and oxygen atoms in total. The predicted molar refractivity (Wildman–Crippen MR) is 98.5 cm³/mol. The summed E-state index contributed by atoms with van der Waals surface area (Å²) in [5.41, 5.74) is 0. The predicted octanol–water partition coefficient (Wildman–Crippen LogP) is 2.66. The summed E-state index contributed by atoms with van der Waals surface area (Å²) in [5, 5.41) is 1.02. The number of pyridine rings is 2. The first kappa shape index (κ1) is 15.8. The number of piperazine rings is 1. The van der Waals surface area contributed by atoms with Gasteiger partial charge in [-0.15, -0.1) is 11.3 Å². The van der Waals surface area contributed by atoms with Crippen LogP contribution in [0.3, 0.4) is 0 Å². The molecule has 0 bridgehead atoms. The molecule has 1 fully saturated rings. The Bertz CT molecular complexity index is 852. The number of ether oxygens (including phenoxy) is 1. The van der Waals surface area contributed by atoms with Crippen molar-refractivity contribution in [2.24, 2.45) is 0 Å². The second kappa shape index (κ2) is 6.68. The summed E-state index contributed by atoms with van der Waals surface area (Å²) in [6.45, 7) is 2.92. The van der Waals surface area contributed by atoms with Crippen LogP contribution in [0.2, 0.25) is 0 Å². The number of nitrogens with zero attached hydrogens (tertiary/aromatic N) is 4. The molecule has 0 N–H and O–H groups in total. The van der Waals surface area contributed by atoms with E-state index in [1.165, 1.54) is 11.3 Å². The largest absolute Gasteiger partial charge is 0.495 e. The molecule has 25 heavy (non-hydrogen) atoms. The second-order valence-electron chi connectivity index (χ2n) is 5.84. The molecule has 0 atom stereocenters. The van der Waals surface area contributed by atoms with Gasteiger partial charge in [0.2, 0.25) is 0 Å². The highest BCUT2D eigenvalue weighted by Crippen LogP contribution is 2.25. The molecule has 0 radical (unpaired) electrons. The fourth-order valence-electron chi connectivity index (χ4n) is 2.95. The van der Waals surface area contributed by atoms with Crippen LogP contribution < -0.4 is 9.64 Å². The average Bonchev–Trinajstić information content (AvgIpc) is 3.12. The SMILES string of the molecule is COc1ccc(N2CCN(C(=O)c3cc4cccnc4s3)CC2)nc1. The number of anilines is 1. The number of thiophene rings is 1. The number of hydrogen-bond donors (Lipinski definition) is 0. The van der Waals surface area contributed by atoms with Gasteiger partial charge >= 0.3 is 0 Å². The van der Waals surface area contributed by atoms with Crippen LogP contribution in [0.15, 0.2) is 42.7 Å². The molecule has 3 aromatic heterocycles. The van der Waals surface area contributed by atoms with Gasteiger partial charge in [0.1, 0.15) is 16.4 Å². The van der Waals surface area contributed by atoms with Gasteiger partial charge in [0.05, 0.1) is 18.2 Å². The van der Waals surface area contributed by atoms with Crippen molar-refractivity contribution >= 4 is 33.3 Å². The first-order chi connectivity index (χ1) is 12.2. The topological polar surface area (TPSA) is 58.6 Å². The fourth-order valence-corrected chi connectivity index (χ4v) is 3.92. The summed E-state index contributed by atoms with van der Waals surface area (Å²) < 4.78 is 5.14. The van der Waals surface area contributed by atoms with Crippen molar-refractivity contribution in [1.82, 2.24) is 14.9 Å². The Balaban J connectivity index is 1.43. The molecule has 0 unspecified atom stereocenters. The standard InChI is InChI=1S/C18H18N4O2S/c1-24-14-4-5-16(20-12-14)21-7-9-22(10-8-21)18(23)15-11-13-3-2-6-19-17(13)25-15/h2-6,11-12H,7-10H2,1H3. The number of amides is 1. The Hall–Kier alpha value is -2.67. The van der Waals surface area contributed by atoms with Gasteiger partial charge in [-0.05, 0) is 24.3 Å². The zero-order valence-corrected chi connectivity index (χ0v) is 14.7. The van der Waals surface area contributed by atoms with Crippen LogP contribution in [0.1, 0.15) is 9.67 Å². The zero-order chi connectivity index (χ0) is 17.2. The van der Waals surface area contributed by atoms with E-state index in [0.29, 0.717) is 13.1 Å². The van der Waals surface area contributed by atoms with Gasteiger partial charge in [0, 0.05) is 37.8 Å². The van der Waals surface area contributed by atoms with Crippen LogP contribution in [0.4, 0.5) is 5.82 Å². The highest BCUT2D eigenvalue weighted by Gasteiger charge is 2.24. The molecule has 128 valence electrons. The van der Waals surface area contributed by atoms with E-state index >= 15 is 0 Å². The van der Waals surface area contributed by atoms with Gasteiger partial charge in [0.25, 0.3) is 5.91 Å². The average molecular weight is 354 g/mol. The van der Waals surface area contributed by atoms with E-state index in [9.17, 15) is 4.79 Å².